The fraction of sp³-hybridized carbons (Fsp3) is 0.667. The molecule has 1 aliphatic heterocycles. The van der Waals surface area contributed by atoms with Gasteiger partial charge in [-0.25, -0.2) is 0 Å². The van der Waals surface area contributed by atoms with Crippen molar-refractivity contribution in [2.24, 2.45) is 7.05 Å². The highest BCUT2D eigenvalue weighted by Crippen LogP contribution is 2.27. The molecule has 0 bridgehead atoms. The van der Waals surface area contributed by atoms with Crippen LogP contribution in [0.4, 0.5) is 11.5 Å². The molecule has 78 valence electrons. The average Bonchev–Trinajstić information content (AvgIpc) is 2.73. The summed E-state index contributed by atoms with van der Waals surface area (Å²) in [6.45, 7) is 0. The molecule has 1 saturated heterocycles. The monoisotopic (exact) mass is 212 g/mol. The molecule has 1 aromatic rings. The molecule has 2 rings (SSSR count). The second kappa shape index (κ2) is 3.73. The highest BCUT2D eigenvalue weighted by Gasteiger charge is 2.23. The maximum Gasteiger partial charge on any atom is 0.173 e. The summed E-state index contributed by atoms with van der Waals surface area (Å²) < 4.78 is 1.77. The molecule has 1 aliphatic rings. The lowest BCUT2D eigenvalue weighted by Crippen LogP contribution is -2.32. The van der Waals surface area contributed by atoms with E-state index in [1.807, 2.05) is 25.0 Å². The van der Waals surface area contributed by atoms with Gasteiger partial charge < -0.3 is 10.6 Å². The van der Waals surface area contributed by atoms with E-state index in [4.69, 9.17) is 5.73 Å². The molecule has 4 nitrogen and oxygen atoms in total. The molecule has 0 aromatic carbocycles. The molecule has 14 heavy (non-hydrogen) atoms. The highest BCUT2D eigenvalue weighted by molar-refractivity contribution is 7.99. The predicted octanol–water partition coefficient (Wildman–Crippen LogP) is 0.944. The molecule has 2 heterocycles. The van der Waals surface area contributed by atoms with Crippen LogP contribution in [0.2, 0.25) is 0 Å². The molecule has 1 aromatic heterocycles. The van der Waals surface area contributed by atoms with Gasteiger partial charge in [0.15, 0.2) is 5.82 Å². The standard InChI is InChI=1S/C9H16N4S/c1-12-5-8(10)9(11-12)13(2)7-3-4-14-6-7/h5,7H,3-4,6,10H2,1-2H3. The van der Waals surface area contributed by atoms with Gasteiger partial charge in [0.05, 0.1) is 5.69 Å². The van der Waals surface area contributed by atoms with Crippen molar-refractivity contribution in [3.8, 4) is 0 Å². The van der Waals surface area contributed by atoms with Crippen LogP contribution in [0.15, 0.2) is 6.20 Å². The van der Waals surface area contributed by atoms with Crippen LogP contribution in [0, 0.1) is 0 Å². The van der Waals surface area contributed by atoms with E-state index in [0.717, 1.165) is 11.5 Å². The summed E-state index contributed by atoms with van der Waals surface area (Å²) in [4.78, 5) is 2.20. The first kappa shape index (κ1) is 9.71. The van der Waals surface area contributed by atoms with Gasteiger partial charge in [0.2, 0.25) is 0 Å². The molecule has 0 radical (unpaired) electrons. The van der Waals surface area contributed by atoms with Crippen molar-refractivity contribution in [1.29, 1.82) is 0 Å². The minimum Gasteiger partial charge on any atom is -0.394 e. The van der Waals surface area contributed by atoms with E-state index >= 15 is 0 Å². The van der Waals surface area contributed by atoms with E-state index in [-0.39, 0.29) is 0 Å². The summed E-state index contributed by atoms with van der Waals surface area (Å²) in [6.07, 6.45) is 3.09. The molecule has 0 amide bonds. The first-order valence-corrected chi connectivity index (χ1v) is 5.93. The fourth-order valence-corrected chi connectivity index (χ4v) is 3.04. The number of nitrogens with two attached hydrogens (primary N) is 1. The average molecular weight is 212 g/mol. The van der Waals surface area contributed by atoms with Crippen molar-refractivity contribution in [3.05, 3.63) is 6.20 Å². The van der Waals surface area contributed by atoms with Crippen molar-refractivity contribution in [2.75, 3.05) is 29.2 Å². The summed E-state index contributed by atoms with van der Waals surface area (Å²) in [5.74, 6) is 3.36. The fourth-order valence-electron chi connectivity index (χ4n) is 1.77. The third-order valence-electron chi connectivity index (χ3n) is 2.62. The number of hydrogen-bond donors (Lipinski definition) is 1. The zero-order valence-electron chi connectivity index (χ0n) is 8.60. The van der Waals surface area contributed by atoms with Gasteiger partial charge >= 0.3 is 0 Å². The molecule has 5 heteroatoms. The Hall–Kier alpha value is -0.840. The highest BCUT2D eigenvalue weighted by atomic mass is 32.2. The number of nitrogens with zero attached hydrogens (tertiary/aromatic N) is 3. The zero-order valence-corrected chi connectivity index (χ0v) is 9.42. The van der Waals surface area contributed by atoms with Crippen LogP contribution in [-0.2, 0) is 7.05 Å². The number of aromatic nitrogens is 2. The topological polar surface area (TPSA) is 47.1 Å². The van der Waals surface area contributed by atoms with Gasteiger partial charge in [0.25, 0.3) is 0 Å². The van der Waals surface area contributed by atoms with Crippen molar-refractivity contribution < 1.29 is 0 Å². The Labute approximate surface area is 88.4 Å². The van der Waals surface area contributed by atoms with E-state index in [9.17, 15) is 0 Å². The molecule has 1 unspecified atom stereocenters. The number of anilines is 2. The lowest BCUT2D eigenvalue weighted by atomic mass is 10.2. The van der Waals surface area contributed by atoms with E-state index in [0.29, 0.717) is 6.04 Å². The second-order valence-electron chi connectivity index (χ2n) is 3.71. The van der Waals surface area contributed by atoms with Gasteiger partial charge in [-0.05, 0) is 12.2 Å². The third-order valence-corrected chi connectivity index (χ3v) is 3.77. The van der Waals surface area contributed by atoms with E-state index in [1.54, 1.807) is 4.68 Å². The number of nitrogen functional groups attached to an aromatic ring is 1. The smallest absolute Gasteiger partial charge is 0.173 e. The normalized spacial score (nSPS) is 21.4. The second-order valence-corrected chi connectivity index (χ2v) is 4.86. The van der Waals surface area contributed by atoms with Crippen LogP contribution in [0.1, 0.15) is 6.42 Å². The Kier molecular flexibility index (Phi) is 2.58. The number of aryl methyl sites for hydroxylation is 1. The first-order chi connectivity index (χ1) is 6.68. The molecular weight excluding hydrogens is 196 g/mol. The van der Waals surface area contributed by atoms with Crippen molar-refractivity contribution >= 4 is 23.3 Å². The van der Waals surface area contributed by atoms with Crippen LogP contribution in [-0.4, -0.2) is 34.4 Å². The van der Waals surface area contributed by atoms with Gasteiger partial charge in [0.1, 0.15) is 0 Å². The van der Waals surface area contributed by atoms with Crippen LogP contribution in [0.3, 0.4) is 0 Å². The van der Waals surface area contributed by atoms with Gasteiger partial charge in [-0.1, -0.05) is 0 Å². The minimum absolute atomic E-state index is 0.595. The quantitative estimate of drug-likeness (QED) is 0.792. The molecule has 0 saturated carbocycles. The minimum atomic E-state index is 0.595. The lowest BCUT2D eigenvalue weighted by molar-refractivity contribution is 0.675. The van der Waals surface area contributed by atoms with Gasteiger partial charge in [0, 0.05) is 32.1 Å². The Morgan fingerprint density at radius 3 is 3.00 bits per heavy atom. The molecule has 1 atom stereocenters. The molecule has 1 fully saturated rings. The SMILES string of the molecule is CN(c1nn(C)cc1N)C1CCSC1. The predicted molar refractivity (Wildman–Crippen MR) is 61.8 cm³/mol. The molecular formula is C9H16N4S. The first-order valence-electron chi connectivity index (χ1n) is 4.78. The van der Waals surface area contributed by atoms with Gasteiger partial charge in [-0.2, -0.15) is 16.9 Å². The maximum atomic E-state index is 5.88. The van der Waals surface area contributed by atoms with Crippen LogP contribution in [0.25, 0.3) is 0 Å². The maximum absolute atomic E-state index is 5.88. The number of rotatable bonds is 2. The number of thioether (sulfide) groups is 1. The van der Waals surface area contributed by atoms with Crippen LogP contribution in [0.5, 0.6) is 0 Å². The third kappa shape index (κ3) is 1.68. The Balaban J connectivity index is 2.17. The van der Waals surface area contributed by atoms with E-state index < -0.39 is 0 Å². The molecule has 0 spiro atoms. The molecule has 0 aliphatic carbocycles. The summed E-state index contributed by atoms with van der Waals surface area (Å²) in [5.41, 5.74) is 6.65. The summed E-state index contributed by atoms with van der Waals surface area (Å²) in [5, 5.41) is 4.36. The van der Waals surface area contributed by atoms with Crippen molar-refractivity contribution in [3.63, 3.8) is 0 Å². The lowest BCUT2D eigenvalue weighted by Gasteiger charge is -2.23. The molecule has 2 N–H and O–H groups in total. The van der Waals surface area contributed by atoms with Crippen molar-refractivity contribution in [1.82, 2.24) is 9.78 Å². The zero-order chi connectivity index (χ0) is 10.1. The van der Waals surface area contributed by atoms with Gasteiger partial charge in [-0.15, -0.1) is 0 Å². The van der Waals surface area contributed by atoms with Gasteiger partial charge in [-0.3, -0.25) is 4.68 Å². The van der Waals surface area contributed by atoms with Crippen LogP contribution < -0.4 is 10.6 Å². The Morgan fingerprint density at radius 2 is 2.50 bits per heavy atom. The summed E-state index contributed by atoms with van der Waals surface area (Å²) in [6, 6.07) is 0.595. The van der Waals surface area contributed by atoms with E-state index in [1.165, 1.54) is 17.9 Å². The van der Waals surface area contributed by atoms with E-state index in [2.05, 4.69) is 17.0 Å². The van der Waals surface area contributed by atoms with Crippen molar-refractivity contribution in [2.45, 2.75) is 12.5 Å². The summed E-state index contributed by atoms with van der Waals surface area (Å²) in [7, 11) is 3.98. The largest absolute Gasteiger partial charge is 0.394 e. The summed E-state index contributed by atoms with van der Waals surface area (Å²) >= 11 is 2.00. The number of hydrogen-bond acceptors (Lipinski definition) is 4. The Bertz CT molecular complexity index is 317. The van der Waals surface area contributed by atoms with Crippen LogP contribution >= 0.6 is 11.8 Å². The Morgan fingerprint density at radius 1 is 1.71 bits per heavy atom.